The van der Waals surface area contributed by atoms with Gasteiger partial charge in [-0.3, -0.25) is 4.79 Å². The van der Waals surface area contributed by atoms with E-state index in [1.54, 1.807) is 31.4 Å². The van der Waals surface area contributed by atoms with Crippen LogP contribution in [0.25, 0.3) is 6.08 Å². The monoisotopic (exact) mass is 374 g/mol. The summed E-state index contributed by atoms with van der Waals surface area (Å²) in [4.78, 5) is 12.3. The summed E-state index contributed by atoms with van der Waals surface area (Å²) in [6, 6.07) is 22.0. The van der Waals surface area contributed by atoms with Crippen LogP contribution in [0.5, 0.6) is 11.5 Å². The smallest absolute Gasteiger partial charge is 0.189 e. The van der Waals surface area contributed by atoms with Gasteiger partial charge in [0.15, 0.2) is 5.78 Å². The molecule has 0 amide bonds. The molecule has 28 heavy (non-hydrogen) atoms. The van der Waals surface area contributed by atoms with Crippen LogP contribution in [0.1, 0.15) is 27.0 Å². The molecule has 3 aromatic rings. The number of carbonyl (C=O) groups is 1. The van der Waals surface area contributed by atoms with Gasteiger partial charge in [-0.2, -0.15) is 0 Å². The Kier molecular flexibility index (Phi) is 6.60. The largest absolute Gasteiger partial charge is 0.507 e. The van der Waals surface area contributed by atoms with Gasteiger partial charge in [-0.25, -0.2) is 0 Å². The van der Waals surface area contributed by atoms with E-state index in [1.807, 2.05) is 48.5 Å². The van der Waals surface area contributed by atoms with Crippen LogP contribution in [-0.4, -0.2) is 18.0 Å². The molecule has 4 heteroatoms. The van der Waals surface area contributed by atoms with Crippen molar-refractivity contribution in [3.63, 3.8) is 0 Å². The highest BCUT2D eigenvalue weighted by molar-refractivity contribution is 6.08. The van der Waals surface area contributed by atoms with Crippen molar-refractivity contribution in [2.24, 2.45) is 0 Å². The van der Waals surface area contributed by atoms with Gasteiger partial charge < -0.3 is 14.6 Å². The van der Waals surface area contributed by atoms with E-state index >= 15 is 0 Å². The average molecular weight is 374 g/mol. The fraction of sp³-hybridized carbons (Fsp3) is 0.125. The van der Waals surface area contributed by atoms with Gasteiger partial charge in [0, 0.05) is 0 Å². The van der Waals surface area contributed by atoms with Crippen LogP contribution in [0.15, 0.2) is 78.9 Å². The van der Waals surface area contributed by atoms with Gasteiger partial charge in [-0.05, 0) is 47.0 Å². The molecule has 4 nitrogen and oxygen atoms in total. The number of benzene rings is 3. The predicted octanol–water partition coefficient (Wildman–Crippen LogP) is 5.01. The van der Waals surface area contributed by atoms with Gasteiger partial charge in [0.1, 0.15) is 11.5 Å². The summed E-state index contributed by atoms with van der Waals surface area (Å²) in [5, 5.41) is 9.81. The third kappa shape index (κ3) is 5.09. The van der Waals surface area contributed by atoms with Gasteiger partial charge in [0.05, 0.1) is 25.9 Å². The number of methoxy groups -OCH3 is 1. The summed E-state index contributed by atoms with van der Waals surface area (Å²) < 4.78 is 11.0. The Hall–Kier alpha value is -3.37. The molecular formula is C24H22O4. The quantitative estimate of drug-likeness (QED) is 0.445. The van der Waals surface area contributed by atoms with E-state index < -0.39 is 0 Å². The Morgan fingerprint density at radius 2 is 1.64 bits per heavy atom. The highest BCUT2D eigenvalue weighted by atomic mass is 16.5. The number of hydrogen-bond donors (Lipinski definition) is 1. The van der Waals surface area contributed by atoms with Crippen molar-refractivity contribution in [1.29, 1.82) is 0 Å². The number of phenols is 1. The molecule has 0 spiro atoms. The summed E-state index contributed by atoms with van der Waals surface area (Å²) in [5.74, 6) is 0.550. The van der Waals surface area contributed by atoms with Crippen molar-refractivity contribution in [1.82, 2.24) is 0 Å². The predicted molar refractivity (Wildman–Crippen MR) is 109 cm³/mol. The van der Waals surface area contributed by atoms with Crippen LogP contribution in [0.4, 0.5) is 0 Å². The summed E-state index contributed by atoms with van der Waals surface area (Å²) in [6.07, 6.45) is 3.22. The summed E-state index contributed by atoms with van der Waals surface area (Å²) in [6.45, 7) is 0.913. The molecule has 0 aliphatic rings. The van der Waals surface area contributed by atoms with Gasteiger partial charge in [0.25, 0.3) is 0 Å². The van der Waals surface area contributed by atoms with Crippen LogP contribution >= 0.6 is 0 Å². The molecular weight excluding hydrogens is 352 g/mol. The Labute approximate surface area is 164 Å². The van der Waals surface area contributed by atoms with Gasteiger partial charge in [-0.1, -0.05) is 54.6 Å². The number of para-hydroxylation sites is 1. The Bertz CT molecular complexity index is 958. The highest BCUT2D eigenvalue weighted by Gasteiger charge is 2.07. The number of aromatic hydroxyl groups is 1. The minimum Gasteiger partial charge on any atom is -0.507 e. The van der Waals surface area contributed by atoms with Crippen molar-refractivity contribution >= 4 is 11.9 Å². The standard InChI is InChI=1S/C24H22O4/c1-27-21-13-10-18(11-14-21)16-28-17-20-7-3-2-6-19(20)12-15-24(26)22-8-4-5-9-23(22)25/h2-15,25H,16-17H2,1H3/b15-12+. The van der Waals surface area contributed by atoms with Crippen molar-refractivity contribution in [2.75, 3.05) is 7.11 Å². The minimum atomic E-state index is -0.243. The molecule has 0 saturated carbocycles. The van der Waals surface area contributed by atoms with Gasteiger partial charge in [-0.15, -0.1) is 0 Å². The van der Waals surface area contributed by atoms with Crippen LogP contribution < -0.4 is 4.74 Å². The van der Waals surface area contributed by atoms with Gasteiger partial charge >= 0.3 is 0 Å². The summed E-state index contributed by atoms with van der Waals surface area (Å²) in [7, 11) is 1.64. The zero-order valence-corrected chi connectivity index (χ0v) is 15.7. The first kappa shape index (κ1) is 19.4. The zero-order valence-electron chi connectivity index (χ0n) is 15.7. The molecule has 3 rings (SSSR count). The minimum absolute atomic E-state index is 0.0201. The van der Waals surface area contributed by atoms with E-state index in [0.717, 1.165) is 22.4 Å². The fourth-order valence-electron chi connectivity index (χ4n) is 2.77. The van der Waals surface area contributed by atoms with E-state index in [-0.39, 0.29) is 17.1 Å². The third-order valence-corrected chi connectivity index (χ3v) is 4.32. The number of ether oxygens (including phenoxy) is 2. The van der Waals surface area contributed by atoms with Gasteiger partial charge in [0.2, 0.25) is 0 Å². The van der Waals surface area contributed by atoms with Crippen LogP contribution in [0, 0.1) is 0 Å². The molecule has 0 atom stereocenters. The zero-order chi connectivity index (χ0) is 19.8. The molecule has 0 fully saturated rings. The maximum atomic E-state index is 12.3. The Balaban J connectivity index is 1.64. The molecule has 0 aliphatic carbocycles. The summed E-state index contributed by atoms with van der Waals surface area (Å²) >= 11 is 0. The lowest BCUT2D eigenvalue weighted by molar-refractivity contribution is 0.104. The number of hydrogen-bond acceptors (Lipinski definition) is 4. The van der Waals surface area contributed by atoms with E-state index in [9.17, 15) is 9.90 Å². The highest BCUT2D eigenvalue weighted by Crippen LogP contribution is 2.19. The molecule has 0 unspecified atom stereocenters. The number of carbonyl (C=O) groups excluding carboxylic acids is 1. The van der Waals surface area contributed by atoms with E-state index in [1.165, 1.54) is 12.1 Å². The maximum Gasteiger partial charge on any atom is 0.189 e. The van der Waals surface area contributed by atoms with Crippen LogP contribution in [0.3, 0.4) is 0 Å². The maximum absolute atomic E-state index is 12.3. The SMILES string of the molecule is COc1ccc(COCc2ccccc2/C=C/C(=O)c2ccccc2O)cc1. The topological polar surface area (TPSA) is 55.8 Å². The first-order valence-electron chi connectivity index (χ1n) is 8.96. The molecule has 0 aliphatic heterocycles. The summed E-state index contributed by atoms with van der Waals surface area (Å²) in [5.41, 5.74) is 3.23. The molecule has 1 N–H and O–H groups in total. The van der Waals surface area contributed by atoms with Crippen molar-refractivity contribution in [2.45, 2.75) is 13.2 Å². The Morgan fingerprint density at radius 3 is 2.39 bits per heavy atom. The third-order valence-electron chi connectivity index (χ3n) is 4.32. The second-order valence-electron chi connectivity index (χ2n) is 6.25. The molecule has 0 aromatic heterocycles. The van der Waals surface area contributed by atoms with Crippen molar-refractivity contribution in [3.05, 3.63) is 101 Å². The second kappa shape index (κ2) is 9.53. The van der Waals surface area contributed by atoms with E-state index in [0.29, 0.717) is 13.2 Å². The number of allylic oxidation sites excluding steroid dienone is 1. The van der Waals surface area contributed by atoms with Crippen LogP contribution in [-0.2, 0) is 18.0 Å². The average Bonchev–Trinajstić information content (AvgIpc) is 2.73. The second-order valence-corrected chi connectivity index (χ2v) is 6.25. The number of phenolic OH excluding ortho intramolecular Hbond substituents is 1. The van der Waals surface area contributed by atoms with E-state index in [4.69, 9.17) is 9.47 Å². The number of ketones is 1. The Morgan fingerprint density at radius 1 is 0.929 bits per heavy atom. The van der Waals surface area contributed by atoms with Crippen molar-refractivity contribution in [3.8, 4) is 11.5 Å². The first-order chi connectivity index (χ1) is 13.7. The first-order valence-corrected chi connectivity index (χ1v) is 8.96. The fourth-order valence-corrected chi connectivity index (χ4v) is 2.77. The molecule has 3 aromatic carbocycles. The van der Waals surface area contributed by atoms with Crippen molar-refractivity contribution < 1.29 is 19.4 Å². The van der Waals surface area contributed by atoms with E-state index in [2.05, 4.69) is 0 Å². The number of rotatable bonds is 8. The lowest BCUT2D eigenvalue weighted by Gasteiger charge is -2.08. The molecule has 0 saturated heterocycles. The molecule has 0 bridgehead atoms. The molecule has 0 radical (unpaired) electrons. The van der Waals surface area contributed by atoms with Crippen LogP contribution in [0.2, 0.25) is 0 Å². The lowest BCUT2D eigenvalue weighted by atomic mass is 10.0. The molecule has 0 heterocycles. The molecule has 142 valence electrons. The lowest BCUT2D eigenvalue weighted by Crippen LogP contribution is -1.97. The normalized spacial score (nSPS) is 10.9.